The Kier molecular flexibility index (Phi) is 4.87. The number of sulfonamides is 1. The van der Waals surface area contributed by atoms with E-state index < -0.39 is 15.9 Å². The van der Waals surface area contributed by atoms with E-state index in [0.29, 0.717) is 11.4 Å². The molecule has 118 valence electrons. The standard InChI is InChI=1S/C15H18N2O4S/c1-12-6-3-4-8-14(12)17(22(2,19)20)11-15(18)16-10-13-7-5-9-21-13/h3-9H,10-11H2,1-2H3,(H,16,18). The number of benzene rings is 1. The number of anilines is 1. The Morgan fingerprint density at radius 3 is 2.55 bits per heavy atom. The molecular formula is C15H18N2O4S. The van der Waals surface area contributed by atoms with Crippen LogP contribution in [0.2, 0.25) is 0 Å². The summed E-state index contributed by atoms with van der Waals surface area (Å²) in [4.78, 5) is 12.0. The summed E-state index contributed by atoms with van der Waals surface area (Å²) in [5.41, 5.74) is 1.28. The third kappa shape index (κ3) is 4.11. The number of nitrogens with one attached hydrogen (secondary N) is 1. The monoisotopic (exact) mass is 322 g/mol. The molecule has 0 fully saturated rings. The fraction of sp³-hybridized carbons (Fsp3) is 0.267. The van der Waals surface area contributed by atoms with E-state index in [9.17, 15) is 13.2 Å². The quantitative estimate of drug-likeness (QED) is 0.877. The second-order valence-electron chi connectivity index (χ2n) is 4.91. The van der Waals surface area contributed by atoms with Crippen molar-refractivity contribution in [3.63, 3.8) is 0 Å². The highest BCUT2D eigenvalue weighted by Crippen LogP contribution is 2.21. The summed E-state index contributed by atoms with van der Waals surface area (Å²) in [7, 11) is -3.56. The SMILES string of the molecule is Cc1ccccc1N(CC(=O)NCc1ccco1)S(C)(=O)=O. The van der Waals surface area contributed by atoms with Crippen LogP contribution in [0.1, 0.15) is 11.3 Å². The number of carbonyl (C=O) groups is 1. The number of hydrogen-bond acceptors (Lipinski definition) is 4. The molecule has 0 aliphatic heterocycles. The summed E-state index contributed by atoms with van der Waals surface area (Å²) in [5, 5.41) is 2.64. The minimum Gasteiger partial charge on any atom is -0.467 e. The highest BCUT2D eigenvalue weighted by atomic mass is 32.2. The molecule has 1 aromatic heterocycles. The number of rotatable bonds is 6. The van der Waals surface area contributed by atoms with Crippen LogP contribution in [0, 0.1) is 6.92 Å². The molecule has 2 rings (SSSR count). The molecule has 0 radical (unpaired) electrons. The average molecular weight is 322 g/mol. The van der Waals surface area contributed by atoms with E-state index in [-0.39, 0.29) is 13.1 Å². The molecule has 7 heteroatoms. The van der Waals surface area contributed by atoms with Gasteiger partial charge in [0.15, 0.2) is 0 Å². The lowest BCUT2D eigenvalue weighted by Crippen LogP contribution is -2.40. The zero-order valence-electron chi connectivity index (χ0n) is 12.4. The molecule has 1 N–H and O–H groups in total. The molecule has 2 aromatic rings. The maximum Gasteiger partial charge on any atom is 0.241 e. The first kappa shape index (κ1) is 16.1. The predicted octanol–water partition coefficient (Wildman–Crippen LogP) is 1.67. The molecule has 6 nitrogen and oxygen atoms in total. The zero-order valence-corrected chi connectivity index (χ0v) is 13.3. The second kappa shape index (κ2) is 6.65. The zero-order chi connectivity index (χ0) is 16.2. The molecule has 0 aliphatic rings. The molecule has 1 heterocycles. The molecule has 0 atom stereocenters. The Bertz CT molecular complexity index is 739. The maximum absolute atomic E-state index is 12.0. The molecule has 0 unspecified atom stereocenters. The van der Waals surface area contributed by atoms with Crippen LogP contribution in [0.15, 0.2) is 47.1 Å². The first-order valence-electron chi connectivity index (χ1n) is 6.70. The van der Waals surface area contributed by atoms with E-state index in [1.165, 1.54) is 6.26 Å². The van der Waals surface area contributed by atoms with E-state index in [0.717, 1.165) is 16.1 Å². The smallest absolute Gasteiger partial charge is 0.241 e. The third-order valence-corrected chi connectivity index (χ3v) is 4.24. The summed E-state index contributed by atoms with van der Waals surface area (Å²) in [6, 6.07) is 10.5. The summed E-state index contributed by atoms with van der Waals surface area (Å²) >= 11 is 0. The summed E-state index contributed by atoms with van der Waals surface area (Å²) in [5.74, 6) is 0.209. The van der Waals surface area contributed by atoms with Crippen LogP contribution in [0.5, 0.6) is 0 Å². The molecule has 0 saturated heterocycles. The third-order valence-electron chi connectivity index (χ3n) is 3.11. The lowest BCUT2D eigenvalue weighted by Gasteiger charge is -2.23. The van der Waals surface area contributed by atoms with Crippen LogP contribution in [0.4, 0.5) is 5.69 Å². The Morgan fingerprint density at radius 2 is 1.95 bits per heavy atom. The van der Waals surface area contributed by atoms with Gasteiger partial charge in [0.05, 0.1) is 24.8 Å². The Balaban J connectivity index is 2.11. The van der Waals surface area contributed by atoms with Gasteiger partial charge in [-0.3, -0.25) is 9.10 Å². The molecule has 0 aliphatic carbocycles. The number of carbonyl (C=O) groups excluding carboxylic acids is 1. The van der Waals surface area contributed by atoms with E-state index >= 15 is 0 Å². The minimum absolute atomic E-state index is 0.219. The van der Waals surface area contributed by atoms with Gasteiger partial charge in [0, 0.05) is 0 Å². The first-order valence-corrected chi connectivity index (χ1v) is 8.55. The van der Waals surface area contributed by atoms with E-state index in [1.807, 2.05) is 6.07 Å². The predicted molar refractivity (Wildman–Crippen MR) is 83.9 cm³/mol. The van der Waals surface area contributed by atoms with Gasteiger partial charge in [0.2, 0.25) is 15.9 Å². The molecule has 0 saturated carbocycles. The molecule has 0 spiro atoms. The van der Waals surface area contributed by atoms with Crippen LogP contribution >= 0.6 is 0 Å². The van der Waals surface area contributed by atoms with Gasteiger partial charge < -0.3 is 9.73 Å². The van der Waals surface area contributed by atoms with Crippen molar-refractivity contribution in [2.24, 2.45) is 0 Å². The van der Waals surface area contributed by atoms with Crippen LogP contribution < -0.4 is 9.62 Å². The van der Waals surface area contributed by atoms with Crippen molar-refractivity contribution in [3.8, 4) is 0 Å². The largest absolute Gasteiger partial charge is 0.467 e. The summed E-state index contributed by atoms with van der Waals surface area (Å²) in [6.07, 6.45) is 2.59. The van der Waals surface area contributed by atoms with Gasteiger partial charge in [-0.25, -0.2) is 8.42 Å². The Hall–Kier alpha value is -2.28. The molecule has 0 bridgehead atoms. The van der Waals surface area contributed by atoms with Gasteiger partial charge in [0.25, 0.3) is 0 Å². The van der Waals surface area contributed by atoms with Gasteiger partial charge in [-0.1, -0.05) is 18.2 Å². The van der Waals surface area contributed by atoms with Gasteiger partial charge in [-0.15, -0.1) is 0 Å². The molecule has 1 amide bonds. The topological polar surface area (TPSA) is 79.6 Å². The number of aryl methyl sites for hydroxylation is 1. The first-order chi connectivity index (χ1) is 10.4. The van der Waals surface area contributed by atoms with Gasteiger partial charge in [-0.05, 0) is 30.7 Å². The van der Waals surface area contributed by atoms with Gasteiger partial charge in [-0.2, -0.15) is 0 Å². The lowest BCUT2D eigenvalue weighted by molar-refractivity contribution is -0.119. The fourth-order valence-electron chi connectivity index (χ4n) is 2.01. The number of hydrogen-bond donors (Lipinski definition) is 1. The highest BCUT2D eigenvalue weighted by Gasteiger charge is 2.22. The number of para-hydroxylation sites is 1. The van der Waals surface area contributed by atoms with Crippen molar-refractivity contribution in [2.45, 2.75) is 13.5 Å². The van der Waals surface area contributed by atoms with E-state index in [2.05, 4.69) is 5.32 Å². The fourth-order valence-corrected chi connectivity index (χ4v) is 2.92. The number of nitrogens with zero attached hydrogens (tertiary/aromatic N) is 1. The van der Waals surface area contributed by atoms with Crippen LogP contribution in [0.3, 0.4) is 0 Å². The normalized spacial score (nSPS) is 11.2. The average Bonchev–Trinajstić information content (AvgIpc) is 2.95. The van der Waals surface area contributed by atoms with Crippen molar-refractivity contribution in [1.82, 2.24) is 5.32 Å². The molecular weight excluding hydrogens is 304 g/mol. The van der Waals surface area contributed by atoms with Crippen molar-refractivity contribution < 1.29 is 17.6 Å². The van der Waals surface area contributed by atoms with Gasteiger partial charge in [0.1, 0.15) is 12.3 Å². The van der Waals surface area contributed by atoms with Crippen molar-refractivity contribution in [2.75, 3.05) is 17.1 Å². The number of furan rings is 1. The Morgan fingerprint density at radius 1 is 1.23 bits per heavy atom. The van der Waals surface area contributed by atoms with Crippen LogP contribution in [-0.2, 0) is 21.4 Å². The van der Waals surface area contributed by atoms with E-state index in [4.69, 9.17) is 4.42 Å². The van der Waals surface area contributed by atoms with E-state index in [1.54, 1.807) is 37.3 Å². The maximum atomic E-state index is 12.0. The molecule has 1 aromatic carbocycles. The second-order valence-corrected chi connectivity index (χ2v) is 6.82. The summed E-state index contributed by atoms with van der Waals surface area (Å²) in [6.45, 7) is 1.75. The van der Waals surface area contributed by atoms with Crippen molar-refractivity contribution in [1.29, 1.82) is 0 Å². The van der Waals surface area contributed by atoms with Crippen molar-refractivity contribution in [3.05, 3.63) is 54.0 Å². The lowest BCUT2D eigenvalue weighted by atomic mass is 10.2. The van der Waals surface area contributed by atoms with Crippen LogP contribution in [-0.4, -0.2) is 27.1 Å². The van der Waals surface area contributed by atoms with Crippen LogP contribution in [0.25, 0.3) is 0 Å². The Labute approximate surface area is 129 Å². The van der Waals surface area contributed by atoms with Crippen molar-refractivity contribution >= 4 is 21.6 Å². The highest BCUT2D eigenvalue weighted by molar-refractivity contribution is 7.92. The number of amides is 1. The van der Waals surface area contributed by atoms with Gasteiger partial charge >= 0.3 is 0 Å². The summed E-state index contributed by atoms with van der Waals surface area (Å²) < 4.78 is 30.2. The minimum atomic E-state index is -3.56. The molecule has 22 heavy (non-hydrogen) atoms.